The molecule has 1 amide bonds. The van der Waals surface area contributed by atoms with E-state index in [1.54, 1.807) is 12.1 Å². The van der Waals surface area contributed by atoms with E-state index in [9.17, 15) is 4.79 Å². The first kappa shape index (κ1) is 16.4. The fourth-order valence-electron chi connectivity index (χ4n) is 2.07. The molecule has 0 bridgehead atoms. The van der Waals surface area contributed by atoms with Crippen LogP contribution in [0.3, 0.4) is 0 Å². The maximum Gasteiger partial charge on any atom is 0.253 e. The molecule has 6 heteroatoms. The molecule has 0 aliphatic carbocycles. The van der Waals surface area contributed by atoms with E-state index in [2.05, 4.69) is 34.5 Å². The average molecular weight is 279 g/mol. The van der Waals surface area contributed by atoms with Crippen LogP contribution in [0.1, 0.15) is 30.6 Å². The topological polar surface area (TPSA) is 83.3 Å². The molecule has 0 fully saturated rings. The maximum absolute atomic E-state index is 12.2. The van der Waals surface area contributed by atoms with Gasteiger partial charge in [-0.1, -0.05) is 13.8 Å². The second-order valence-corrected chi connectivity index (χ2v) is 5.64. The third-order valence-corrected chi connectivity index (χ3v) is 2.85. The summed E-state index contributed by atoms with van der Waals surface area (Å²) < 4.78 is 0. The normalized spacial score (nSPS) is 12.6. The van der Waals surface area contributed by atoms with Gasteiger partial charge >= 0.3 is 0 Å². The predicted molar refractivity (Wildman–Crippen MR) is 81.3 cm³/mol. The Bertz CT molecular complexity index is 406. The van der Waals surface area contributed by atoms with Crippen molar-refractivity contribution in [3.8, 4) is 0 Å². The molecule has 1 aromatic heterocycles. The molecule has 1 unspecified atom stereocenters. The van der Waals surface area contributed by atoms with E-state index in [0.29, 0.717) is 17.3 Å². The van der Waals surface area contributed by atoms with Crippen LogP contribution in [-0.4, -0.2) is 42.5 Å². The first-order chi connectivity index (χ1) is 9.42. The van der Waals surface area contributed by atoms with Crippen molar-refractivity contribution in [3.05, 3.63) is 23.9 Å². The number of carbonyl (C=O) groups excluding carboxylic acids is 1. The maximum atomic E-state index is 12.2. The quantitative estimate of drug-likeness (QED) is 0.514. The largest absolute Gasteiger partial charge is 0.348 e. The van der Waals surface area contributed by atoms with Gasteiger partial charge in [-0.25, -0.2) is 10.8 Å². The lowest BCUT2D eigenvalue weighted by molar-refractivity contribution is 0.0924. The monoisotopic (exact) mass is 279 g/mol. The molecule has 4 N–H and O–H groups in total. The Labute approximate surface area is 120 Å². The fraction of sp³-hybridized carbons (Fsp3) is 0.571. The molecule has 1 heterocycles. The van der Waals surface area contributed by atoms with Crippen LogP contribution >= 0.6 is 0 Å². The Morgan fingerprint density at radius 3 is 2.55 bits per heavy atom. The van der Waals surface area contributed by atoms with Gasteiger partial charge in [0.05, 0.1) is 5.56 Å². The van der Waals surface area contributed by atoms with Gasteiger partial charge in [0.2, 0.25) is 0 Å². The molecule has 1 atom stereocenters. The molecular weight excluding hydrogens is 254 g/mol. The minimum absolute atomic E-state index is 0.103. The third-order valence-electron chi connectivity index (χ3n) is 2.85. The van der Waals surface area contributed by atoms with Crippen LogP contribution in [0.15, 0.2) is 18.3 Å². The zero-order chi connectivity index (χ0) is 15.1. The first-order valence-electron chi connectivity index (χ1n) is 6.80. The van der Waals surface area contributed by atoms with Crippen LogP contribution in [0.4, 0.5) is 5.82 Å². The van der Waals surface area contributed by atoms with E-state index >= 15 is 0 Å². The van der Waals surface area contributed by atoms with E-state index < -0.39 is 0 Å². The Balaban J connectivity index is 2.68. The Hall–Kier alpha value is -1.66. The van der Waals surface area contributed by atoms with Crippen molar-refractivity contribution in [3.63, 3.8) is 0 Å². The van der Waals surface area contributed by atoms with Crippen LogP contribution in [-0.2, 0) is 0 Å². The summed E-state index contributed by atoms with van der Waals surface area (Å²) in [7, 11) is 4.01. The van der Waals surface area contributed by atoms with Gasteiger partial charge in [-0.15, -0.1) is 0 Å². The van der Waals surface area contributed by atoms with Crippen LogP contribution in [0.25, 0.3) is 0 Å². The van der Waals surface area contributed by atoms with Crippen LogP contribution in [0, 0.1) is 5.92 Å². The second-order valence-electron chi connectivity index (χ2n) is 5.64. The molecule has 6 nitrogen and oxygen atoms in total. The number of amides is 1. The number of aromatic nitrogens is 1. The summed E-state index contributed by atoms with van der Waals surface area (Å²) in [6, 6.07) is 3.52. The van der Waals surface area contributed by atoms with Crippen LogP contribution < -0.4 is 16.6 Å². The van der Waals surface area contributed by atoms with Crippen molar-refractivity contribution in [2.24, 2.45) is 11.8 Å². The highest BCUT2D eigenvalue weighted by atomic mass is 16.1. The molecule has 0 spiro atoms. The summed E-state index contributed by atoms with van der Waals surface area (Å²) in [5.41, 5.74) is 2.98. The van der Waals surface area contributed by atoms with Gasteiger partial charge < -0.3 is 15.6 Å². The van der Waals surface area contributed by atoms with E-state index in [4.69, 9.17) is 5.84 Å². The number of hydrazine groups is 1. The molecule has 20 heavy (non-hydrogen) atoms. The number of hydrogen-bond donors (Lipinski definition) is 3. The zero-order valence-corrected chi connectivity index (χ0v) is 12.7. The smallest absolute Gasteiger partial charge is 0.253 e. The van der Waals surface area contributed by atoms with Gasteiger partial charge in [-0.3, -0.25) is 4.79 Å². The number of carbonyl (C=O) groups is 1. The number of nitrogens with one attached hydrogen (secondary N) is 2. The molecule has 1 rings (SSSR count). The Kier molecular flexibility index (Phi) is 6.41. The molecule has 0 aliphatic heterocycles. The molecule has 0 aliphatic rings. The van der Waals surface area contributed by atoms with E-state index in [0.717, 1.165) is 13.0 Å². The average Bonchev–Trinajstić information content (AvgIpc) is 2.37. The number of likely N-dealkylation sites (N-methyl/N-ethyl adjacent to an activating group) is 1. The molecule has 0 radical (unpaired) electrons. The van der Waals surface area contributed by atoms with Gasteiger partial charge in [0, 0.05) is 18.8 Å². The number of anilines is 1. The predicted octanol–water partition coefficient (Wildman–Crippen LogP) is 1.07. The lowest BCUT2D eigenvalue weighted by Gasteiger charge is -2.24. The molecule has 112 valence electrons. The lowest BCUT2D eigenvalue weighted by Crippen LogP contribution is -2.42. The number of nitrogens with zero attached hydrogens (tertiary/aromatic N) is 2. The minimum atomic E-state index is -0.103. The first-order valence-corrected chi connectivity index (χ1v) is 6.80. The van der Waals surface area contributed by atoms with Gasteiger partial charge in [0.25, 0.3) is 5.91 Å². The number of pyridine rings is 1. The molecule has 0 aromatic carbocycles. The lowest BCUT2D eigenvalue weighted by atomic mass is 10.0. The van der Waals surface area contributed by atoms with Crippen molar-refractivity contribution in [2.75, 3.05) is 26.1 Å². The zero-order valence-electron chi connectivity index (χ0n) is 12.7. The van der Waals surface area contributed by atoms with Crippen LogP contribution in [0.2, 0.25) is 0 Å². The van der Waals surface area contributed by atoms with Crippen molar-refractivity contribution >= 4 is 11.7 Å². The molecular formula is C14H25N5O. The number of nitrogens with two attached hydrogens (primary N) is 1. The Morgan fingerprint density at radius 2 is 2.10 bits per heavy atom. The molecule has 0 saturated heterocycles. The van der Waals surface area contributed by atoms with Gasteiger partial charge in [-0.05, 0) is 38.6 Å². The standard InChI is InChI=1S/C14H25N5O/c1-10(2)7-12(9-19(3)4)17-14(20)11-5-6-13(18-15)16-8-11/h5-6,8,10,12H,7,9,15H2,1-4H3,(H,16,18)(H,17,20). The van der Waals surface area contributed by atoms with Gasteiger partial charge in [0.15, 0.2) is 0 Å². The third kappa shape index (κ3) is 5.54. The van der Waals surface area contributed by atoms with Gasteiger partial charge in [-0.2, -0.15) is 0 Å². The minimum Gasteiger partial charge on any atom is -0.348 e. The number of nitrogen functional groups attached to an aromatic ring is 1. The summed E-state index contributed by atoms with van der Waals surface area (Å²) in [5, 5.41) is 3.06. The summed E-state index contributed by atoms with van der Waals surface area (Å²) in [6.45, 7) is 5.12. The van der Waals surface area contributed by atoms with Crippen molar-refractivity contribution < 1.29 is 4.79 Å². The van der Waals surface area contributed by atoms with Crippen LogP contribution in [0.5, 0.6) is 0 Å². The molecule has 0 saturated carbocycles. The fourth-order valence-corrected chi connectivity index (χ4v) is 2.07. The summed E-state index contributed by atoms with van der Waals surface area (Å²) in [5.74, 6) is 6.21. The number of rotatable bonds is 7. The van der Waals surface area contributed by atoms with Crippen molar-refractivity contribution in [1.29, 1.82) is 0 Å². The highest BCUT2D eigenvalue weighted by molar-refractivity contribution is 5.94. The van der Waals surface area contributed by atoms with E-state index in [1.807, 2.05) is 14.1 Å². The van der Waals surface area contributed by atoms with Crippen molar-refractivity contribution in [1.82, 2.24) is 15.2 Å². The summed E-state index contributed by atoms with van der Waals surface area (Å²) in [6.07, 6.45) is 2.46. The summed E-state index contributed by atoms with van der Waals surface area (Å²) >= 11 is 0. The Morgan fingerprint density at radius 1 is 1.40 bits per heavy atom. The van der Waals surface area contributed by atoms with Gasteiger partial charge in [0.1, 0.15) is 5.82 Å². The summed E-state index contributed by atoms with van der Waals surface area (Å²) in [4.78, 5) is 18.3. The second kappa shape index (κ2) is 7.81. The highest BCUT2D eigenvalue weighted by Gasteiger charge is 2.16. The van der Waals surface area contributed by atoms with Crippen molar-refractivity contribution in [2.45, 2.75) is 26.3 Å². The van der Waals surface area contributed by atoms with E-state index in [-0.39, 0.29) is 11.9 Å². The molecule has 1 aromatic rings. The number of hydrogen-bond acceptors (Lipinski definition) is 5. The SMILES string of the molecule is CC(C)CC(CN(C)C)NC(=O)c1ccc(NN)nc1. The van der Waals surface area contributed by atoms with E-state index in [1.165, 1.54) is 6.20 Å². The highest BCUT2D eigenvalue weighted by Crippen LogP contribution is 2.08.